The van der Waals surface area contributed by atoms with E-state index >= 15 is 0 Å². The Labute approximate surface area is 244 Å². The standard InChI is InChI=1S/C36H29NO5/c1-21-13-17-28-23(19-21)14-18-30-36(34(39)25-11-7-8-12-26(25)35(36)40)31(27-16-15-24(41-2)20-29(27)42-3)32(37(28)30)33(38)22-9-5-4-6-10-22/h4-20,30-32H,1-3H3/t30-,31+,32+/m0/s1. The van der Waals surface area contributed by atoms with Gasteiger partial charge in [-0.2, -0.15) is 0 Å². The molecule has 0 aromatic heterocycles. The van der Waals surface area contributed by atoms with Crippen molar-refractivity contribution >= 4 is 29.1 Å². The Hall–Kier alpha value is -4.97. The van der Waals surface area contributed by atoms with Crippen LogP contribution in [0.1, 0.15) is 53.7 Å². The Bertz CT molecular complexity index is 1770. The van der Waals surface area contributed by atoms with Crippen molar-refractivity contribution in [3.05, 3.63) is 130 Å². The summed E-state index contributed by atoms with van der Waals surface area (Å²) >= 11 is 0. The van der Waals surface area contributed by atoms with Crippen LogP contribution >= 0.6 is 0 Å². The predicted molar refractivity (Wildman–Crippen MR) is 161 cm³/mol. The molecule has 1 spiro atoms. The van der Waals surface area contributed by atoms with E-state index in [1.165, 1.54) is 0 Å². The second-order valence-electron chi connectivity index (χ2n) is 11.1. The minimum atomic E-state index is -1.60. The van der Waals surface area contributed by atoms with Crippen LogP contribution in [0, 0.1) is 12.3 Å². The van der Waals surface area contributed by atoms with Gasteiger partial charge >= 0.3 is 0 Å². The van der Waals surface area contributed by atoms with Gasteiger partial charge in [0.25, 0.3) is 0 Å². The van der Waals surface area contributed by atoms with Crippen molar-refractivity contribution in [2.45, 2.75) is 24.9 Å². The van der Waals surface area contributed by atoms with Crippen molar-refractivity contribution < 1.29 is 23.9 Å². The van der Waals surface area contributed by atoms with Crippen molar-refractivity contribution in [3.63, 3.8) is 0 Å². The highest BCUT2D eigenvalue weighted by Gasteiger charge is 2.72. The number of ether oxygens (including phenoxy) is 2. The molecule has 1 saturated heterocycles. The summed E-state index contributed by atoms with van der Waals surface area (Å²) in [6.45, 7) is 2.02. The maximum Gasteiger partial charge on any atom is 0.185 e. The lowest BCUT2D eigenvalue weighted by atomic mass is 9.64. The summed E-state index contributed by atoms with van der Waals surface area (Å²) in [6.07, 6.45) is 3.91. The molecule has 6 nitrogen and oxygen atoms in total. The Morgan fingerprint density at radius 2 is 1.50 bits per heavy atom. The Morgan fingerprint density at radius 1 is 0.810 bits per heavy atom. The van der Waals surface area contributed by atoms with Crippen LogP contribution in [0.4, 0.5) is 5.69 Å². The molecule has 1 aliphatic carbocycles. The highest BCUT2D eigenvalue weighted by Crippen LogP contribution is 2.62. The first kappa shape index (κ1) is 26.0. The minimum Gasteiger partial charge on any atom is -0.497 e. The van der Waals surface area contributed by atoms with Crippen molar-refractivity contribution in [2.75, 3.05) is 19.1 Å². The van der Waals surface area contributed by atoms with Crippen molar-refractivity contribution in [1.82, 2.24) is 0 Å². The first-order valence-electron chi connectivity index (χ1n) is 14.0. The zero-order chi connectivity index (χ0) is 29.2. The molecule has 2 heterocycles. The summed E-state index contributed by atoms with van der Waals surface area (Å²) < 4.78 is 11.4. The smallest absolute Gasteiger partial charge is 0.185 e. The van der Waals surface area contributed by atoms with E-state index in [0.717, 1.165) is 16.8 Å². The van der Waals surface area contributed by atoms with E-state index in [2.05, 4.69) is 6.07 Å². The topological polar surface area (TPSA) is 72.9 Å². The number of nitrogens with zero attached hydrogens (tertiary/aromatic N) is 1. The van der Waals surface area contributed by atoms with E-state index in [0.29, 0.717) is 33.8 Å². The van der Waals surface area contributed by atoms with Crippen molar-refractivity contribution in [2.24, 2.45) is 5.41 Å². The van der Waals surface area contributed by atoms with Gasteiger partial charge in [0.1, 0.15) is 23.0 Å². The molecular formula is C36H29NO5. The van der Waals surface area contributed by atoms with Gasteiger partial charge in [0.2, 0.25) is 0 Å². The quantitative estimate of drug-likeness (QED) is 0.212. The van der Waals surface area contributed by atoms with Gasteiger partial charge in [-0.1, -0.05) is 84.4 Å². The molecular weight excluding hydrogens is 526 g/mol. The number of fused-ring (bicyclic) bond motifs is 5. The van der Waals surface area contributed by atoms with Crippen LogP contribution in [-0.2, 0) is 0 Å². The lowest BCUT2D eigenvalue weighted by Crippen LogP contribution is -2.48. The van der Waals surface area contributed by atoms with Crippen molar-refractivity contribution in [3.8, 4) is 11.5 Å². The van der Waals surface area contributed by atoms with Gasteiger partial charge in [-0.15, -0.1) is 0 Å². The van der Waals surface area contributed by atoms with Gasteiger partial charge < -0.3 is 14.4 Å². The molecule has 208 valence electrons. The van der Waals surface area contributed by atoms with Crippen LogP contribution < -0.4 is 14.4 Å². The van der Waals surface area contributed by atoms with Gasteiger partial charge in [0.15, 0.2) is 17.3 Å². The molecule has 42 heavy (non-hydrogen) atoms. The lowest BCUT2D eigenvalue weighted by Gasteiger charge is -2.37. The van der Waals surface area contributed by atoms with E-state index in [4.69, 9.17) is 9.47 Å². The number of carbonyl (C=O) groups is 3. The summed E-state index contributed by atoms with van der Waals surface area (Å²) in [5.74, 6) is -0.554. The number of methoxy groups -OCH3 is 2. The molecule has 4 aromatic rings. The molecule has 0 radical (unpaired) electrons. The van der Waals surface area contributed by atoms with Crippen LogP contribution in [0.2, 0.25) is 0 Å². The monoisotopic (exact) mass is 555 g/mol. The molecule has 0 saturated carbocycles. The third kappa shape index (κ3) is 3.41. The molecule has 0 bridgehead atoms. The number of anilines is 1. The van der Waals surface area contributed by atoms with E-state index in [1.807, 2.05) is 60.4 Å². The normalized spacial score (nSPS) is 21.2. The molecule has 4 aromatic carbocycles. The zero-order valence-electron chi connectivity index (χ0n) is 23.5. The van der Waals surface area contributed by atoms with E-state index in [-0.39, 0.29) is 17.3 Å². The Morgan fingerprint density at radius 3 is 2.17 bits per heavy atom. The average molecular weight is 556 g/mol. The number of Topliss-reactive ketones (excluding diaryl/α,β-unsaturated/α-hetero) is 3. The molecule has 3 aliphatic rings. The number of ketones is 3. The molecule has 1 fully saturated rings. The van der Waals surface area contributed by atoms with Crippen LogP contribution in [-0.4, -0.2) is 43.7 Å². The lowest BCUT2D eigenvalue weighted by molar-refractivity contribution is 0.0665. The molecule has 6 heteroatoms. The van der Waals surface area contributed by atoms with E-state index in [9.17, 15) is 14.4 Å². The molecule has 7 rings (SSSR count). The number of hydrogen-bond acceptors (Lipinski definition) is 6. The average Bonchev–Trinajstić information content (AvgIpc) is 3.46. The third-order valence-corrected chi connectivity index (χ3v) is 9.06. The van der Waals surface area contributed by atoms with E-state index < -0.39 is 23.4 Å². The first-order valence-corrected chi connectivity index (χ1v) is 14.0. The largest absolute Gasteiger partial charge is 0.497 e. The van der Waals surface area contributed by atoms with Gasteiger partial charge in [0.05, 0.1) is 20.3 Å². The highest BCUT2D eigenvalue weighted by atomic mass is 16.5. The summed E-state index contributed by atoms with van der Waals surface area (Å²) in [5.41, 5.74) is 3.11. The maximum atomic E-state index is 14.8. The molecule has 0 amide bonds. The number of aryl methyl sites for hydroxylation is 1. The second kappa shape index (κ2) is 9.55. The van der Waals surface area contributed by atoms with Gasteiger partial charge in [-0.25, -0.2) is 0 Å². The summed E-state index contributed by atoms with van der Waals surface area (Å²) in [6, 6.07) is 25.9. The van der Waals surface area contributed by atoms with Crippen LogP contribution in [0.25, 0.3) is 6.08 Å². The molecule has 0 N–H and O–H groups in total. The fourth-order valence-electron chi connectivity index (χ4n) is 7.29. The second-order valence-corrected chi connectivity index (χ2v) is 11.1. The third-order valence-electron chi connectivity index (χ3n) is 9.06. The number of carbonyl (C=O) groups excluding carboxylic acids is 3. The van der Waals surface area contributed by atoms with Gasteiger partial charge in [-0.3, -0.25) is 14.4 Å². The van der Waals surface area contributed by atoms with E-state index in [1.54, 1.807) is 62.8 Å². The fourth-order valence-corrected chi connectivity index (χ4v) is 7.29. The van der Waals surface area contributed by atoms with Gasteiger partial charge in [0, 0.05) is 39.9 Å². The SMILES string of the molecule is COc1ccc([C@@H]2[C@H](C(=O)c3ccccc3)N3c4ccc(C)cc4C=C[C@H]3C23C(=O)c2ccccc2C3=O)c(OC)c1. The zero-order valence-corrected chi connectivity index (χ0v) is 23.5. The number of rotatable bonds is 5. The Kier molecular flexibility index (Phi) is 5.91. The molecule has 3 atom stereocenters. The maximum absolute atomic E-state index is 14.8. The van der Waals surface area contributed by atoms with Gasteiger partial charge in [-0.05, 0) is 30.7 Å². The molecule has 2 aliphatic heterocycles. The van der Waals surface area contributed by atoms with Crippen LogP contribution in [0.3, 0.4) is 0 Å². The number of hydrogen-bond donors (Lipinski definition) is 0. The highest BCUT2D eigenvalue weighted by molar-refractivity contribution is 6.32. The summed E-state index contributed by atoms with van der Waals surface area (Å²) in [7, 11) is 3.12. The summed E-state index contributed by atoms with van der Waals surface area (Å²) in [5, 5.41) is 0. The van der Waals surface area contributed by atoms with Crippen LogP contribution in [0.5, 0.6) is 11.5 Å². The first-order chi connectivity index (χ1) is 20.4. The molecule has 0 unspecified atom stereocenters. The van der Waals surface area contributed by atoms with Crippen molar-refractivity contribution in [1.29, 1.82) is 0 Å². The summed E-state index contributed by atoms with van der Waals surface area (Å²) in [4.78, 5) is 46.4. The predicted octanol–water partition coefficient (Wildman–Crippen LogP) is 6.33. The minimum absolute atomic E-state index is 0.168. The number of benzene rings is 4. The fraction of sp³-hybridized carbons (Fsp3) is 0.194. The van der Waals surface area contributed by atoms with Crippen LogP contribution in [0.15, 0.2) is 97.1 Å². The Balaban J connectivity index is 1.57.